The lowest BCUT2D eigenvalue weighted by molar-refractivity contribution is -0.137. The van der Waals surface area contributed by atoms with Gasteiger partial charge in [0.25, 0.3) is 0 Å². The van der Waals surface area contributed by atoms with Crippen LogP contribution in [0.15, 0.2) is 18.2 Å². The third kappa shape index (κ3) is 4.61. The summed E-state index contributed by atoms with van der Waals surface area (Å²) < 4.78 is 37.6. The van der Waals surface area contributed by atoms with E-state index < -0.39 is 30.1 Å². The summed E-state index contributed by atoms with van der Waals surface area (Å²) in [5, 5.41) is 17.2. The maximum atomic E-state index is 12.5. The number of carboxylic acids is 2. The second-order valence-electron chi connectivity index (χ2n) is 3.95. The molecule has 2 N–H and O–H groups in total. The molecule has 0 aliphatic heterocycles. The number of hydrogen-bond donors (Lipinski definition) is 2. The molecule has 0 radical (unpaired) electrons. The van der Waals surface area contributed by atoms with Crippen molar-refractivity contribution in [3.8, 4) is 0 Å². The van der Waals surface area contributed by atoms with E-state index in [-0.39, 0.29) is 24.0 Å². The molecule has 104 valence electrons. The summed E-state index contributed by atoms with van der Waals surface area (Å²) in [6.45, 7) is 0. The zero-order valence-electron chi connectivity index (χ0n) is 9.70. The van der Waals surface area contributed by atoms with Crippen LogP contribution in [0.4, 0.5) is 13.2 Å². The molecule has 4 nitrogen and oxygen atoms in total. The van der Waals surface area contributed by atoms with Crippen LogP contribution in [0.25, 0.3) is 0 Å². The standard InChI is InChI=1S/C12H11F3O4/c13-12(14,15)9-3-1-8(6-11(18)19)7(5-9)2-4-10(16)17/h1,3,5H,2,4,6H2,(H,16,17)(H,18,19). The minimum atomic E-state index is -4.54. The van der Waals surface area contributed by atoms with Gasteiger partial charge in [0, 0.05) is 6.42 Å². The van der Waals surface area contributed by atoms with Crippen molar-refractivity contribution in [1.29, 1.82) is 0 Å². The van der Waals surface area contributed by atoms with Crippen LogP contribution in [-0.2, 0) is 28.6 Å². The summed E-state index contributed by atoms with van der Waals surface area (Å²) in [6, 6.07) is 2.68. The van der Waals surface area contributed by atoms with Crippen LogP contribution in [-0.4, -0.2) is 22.2 Å². The number of aryl methyl sites for hydroxylation is 1. The molecule has 0 aromatic heterocycles. The van der Waals surface area contributed by atoms with E-state index in [4.69, 9.17) is 10.2 Å². The van der Waals surface area contributed by atoms with Gasteiger partial charge in [-0.15, -0.1) is 0 Å². The lowest BCUT2D eigenvalue weighted by Gasteiger charge is -2.12. The van der Waals surface area contributed by atoms with E-state index in [1.54, 1.807) is 0 Å². The number of benzene rings is 1. The fraction of sp³-hybridized carbons (Fsp3) is 0.333. The van der Waals surface area contributed by atoms with Crippen molar-refractivity contribution in [2.75, 3.05) is 0 Å². The SMILES string of the molecule is O=C(O)CCc1cc(C(F)(F)F)ccc1CC(=O)O. The summed E-state index contributed by atoms with van der Waals surface area (Å²) in [6.07, 6.45) is -5.47. The summed E-state index contributed by atoms with van der Waals surface area (Å²) in [7, 11) is 0. The minimum Gasteiger partial charge on any atom is -0.481 e. The third-order valence-corrected chi connectivity index (χ3v) is 2.48. The third-order valence-electron chi connectivity index (χ3n) is 2.48. The van der Waals surface area contributed by atoms with Crippen LogP contribution in [0.5, 0.6) is 0 Å². The first kappa shape index (κ1) is 15.0. The van der Waals surface area contributed by atoms with E-state index in [1.165, 1.54) is 0 Å². The average Bonchev–Trinajstić information content (AvgIpc) is 2.25. The Bertz CT molecular complexity index is 494. The Morgan fingerprint density at radius 3 is 2.16 bits per heavy atom. The summed E-state index contributed by atoms with van der Waals surface area (Å²) in [5.74, 6) is -2.34. The van der Waals surface area contributed by atoms with E-state index in [1.807, 2.05) is 0 Å². The molecule has 0 aliphatic rings. The van der Waals surface area contributed by atoms with Crippen molar-refractivity contribution in [3.05, 3.63) is 34.9 Å². The molecule has 1 aromatic carbocycles. The van der Waals surface area contributed by atoms with E-state index in [2.05, 4.69) is 0 Å². The van der Waals surface area contributed by atoms with Crippen molar-refractivity contribution >= 4 is 11.9 Å². The Labute approximate surface area is 106 Å². The van der Waals surface area contributed by atoms with Gasteiger partial charge in [0.1, 0.15) is 0 Å². The molecule has 0 unspecified atom stereocenters. The normalized spacial score (nSPS) is 11.3. The molecule has 0 bridgehead atoms. The maximum absolute atomic E-state index is 12.5. The van der Waals surface area contributed by atoms with Crippen molar-refractivity contribution in [1.82, 2.24) is 0 Å². The molecule has 0 amide bonds. The van der Waals surface area contributed by atoms with E-state index in [9.17, 15) is 22.8 Å². The number of rotatable bonds is 5. The Balaban J connectivity index is 3.10. The molecule has 1 aromatic rings. The predicted molar refractivity (Wildman–Crippen MR) is 58.7 cm³/mol. The first-order valence-electron chi connectivity index (χ1n) is 5.32. The number of hydrogen-bond acceptors (Lipinski definition) is 2. The molecule has 0 spiro atoms. The van der Waals surface area contributed by atoms with Gasteiger partial charge in [-0.3, -0.25) is 9.59 Å². The zero-order valence-corrected chi connectivity index (χ0v) is 9.70. The van der Waals surface area contributed by atoms with Crippen molar-refractivity contribution in [2.24, 2.45) is 0 Å². The minimum absolute atomic E-state index is 0.0969. The summed E-state index contributed by atoms with van der Waals surface area (Å²) in [4.78, 5) is 21.1. The van der Waals surface area contributed by atoms with Gasteiger partial charge in [0.15, 0.2) is 0 Å². The van der Waals surface area contributed by atoms with Gasteiger partial charge in [0.2, 0.25) is 0 Å². The Morgan fingerprint density at radius 1 is 1.05 bits per heavy atom. The van der Waals surface area contributed by atoms with E-state index in [0.717, 1.165) is 18.2 Å². The van der Waals surface area contributed by atoms with Gasteiger partial charge in [0.05, 0.1) is 12.0 Å². The van der Waals surface area contributed by atoms with Gasteiger partial charge < -0.3 is 10.2 Å². The monoisotopic (exact) mass is 276 g/mol. The molecule has 0 fully saturated rings. The number of carbonyl (C=O) groups is 2. The molecule has 1 rings (SSSR count). The predicted octanol–water partition coefficient (Wildman–Crippen LogP) is 2.35. The molecule has 0 aliphatic carbocycles. The molecule has 7 heteroatoms. The van der Waals surface area contributed by atoms with Crippen LogP contribution >= 0.6 is 0 Å². The van der Waals surface area contributed by atoms with Crippen LogP contribution in [0, 0.1) is 0 Å². The van der Waals surface area contributed by atoms with Crippen LogP contribution in [0.1, 0.15) is 23.1 Å². The second kappa shape index (κ2) is 5.73. The smallest absolute Gasteiger partial charge is 0.416 e. The number of carboxylic acid groups (broad SMARTS) is 2. The topological polar surface area (TPSA) is 74.6 Å². The highest BCUT2D eigenvalue weighted by Gasteiger charge is 2.31. The highest BCUT2D eigenvalue weighted by molar-refractivity contribution is 5.71. The Hall–Kier alpha value is -2.05. The second-order valence-corrected chi connectivity index (χ2v) is 3.95. The number of aliphatic carboxylic acids is 2. The largest absolute Gasteiger partial charge is 0.481 e. The summed E-state index contributed by atoms with van der Waals surface area (Å²) >= 11 is 0. The van der Waals surface area contributed by atoms with Crippen molar-refractivity contribution in [2.45, 2.75) is 25.4 Å². The Kier molecular flexibility index (Phi) is 4.52. The fourth-order valence-electron chi connectivity index (χ4n) is 1.61. The van der Waals surface area contributed by atoms with Gasteiger partial charge in [-0.05, 0) is 29.7 Å². The van der Waals surface area contributed by atoms with Crippen LogP contribution in [0.2, 0.25) is 0 Å². The van der Waals surface area contributed by atoms with Crippen molar-refractivity contribution in [3.63, 3.8) is 0 Å². The van der Waals surface area contributed by atoms with E-state index >= 15 is 0 Å². The van der Waals surface area contributed by atoms with Crippen LogP contribution < -0.4 is 0 Å². The van der Waals surface area contributed by atoms with Gasteiger partial charge in [-0.1, -0.05) is 6.07 Å². The quantitative estimate of drug-likeness (QED) is 0.865. The first-order chi connectivity index (χ1) is 8.70. The van der Waals surface area contributed by atoms with E-state index in [0.29, 0.717) is 0 Å². The highest BCUT2D eigenvalue weighted by Crippen LogP contribution is 2.31. The zero-order chi connectivity index (χ0) is 14.6. The van der Waals surface area contributed by atoms with Gasteiger partial charge in [-0.25, -0.2) is 0 Å². The molecule has 0 saturated heterocycles. The molecule has 0 atom stereocenters. The lowest BCUT2D eigenvalue weighted by Crippen LogP contribution is -2.10. The number of halogens is 3. The van der Waals surface area contributed by atoms with Crippen LogP contribution in [0.3, 0.4) is 0 Å². The fourth-order valence-corrected chi connectivity index (χ4v) is 1.61. The van der Waals surface area contributed by atoms with Gasteiger partial charge in [-0.2, -0.15) is 13.2 Å². The Morgan fingerprint density at radius 2 is 1.68 bits per heavy atom. The van der Waals surface area contributed by atoms with Crippen molar-refractivity contribution < 1.29 is 33.0 Å². The lowest BCUT2D eigenvalue weighted by atomic mass is 9.97. The highest BCUT2D eigenvalue weighted by atomic mass is 19.4. The maximum Gasteiger partial charge on any atom is 0.416 e. The number of alkyl halides is 3. The van der Waals surface area contributed by atoms with Gasteiger partial charge >= 0.3 is 18.1 Å². The molecular formula is C12H11F3O4. The molecule has 0 heterocycles. The molecule has 0 saturated carbocycles. The first-order valence-corrected chi connectivity index (χ1v) is 5.32. The molecule has 19 heavy (non-hydrogen) atoms. The molecular weight excluding hydrogens is 265 g/mol. The summed E-state index contributed by atoms with van der Waals surface area (Å²) in [5.41, 5.74) is -0.622. The average molecular weight is 276 g/mol.